The van der Waals surface area contributed by atoms with Crippen LogP contribution in [0.4, 0.5) is 8.78 Å². The van der Waals surface area contributed by atoms with Gasteiger partial charge in [-0.15, -0.1) is 0 Å². The number of aromatic hydroxyl groups is 1. The fourth-order valence-corrected chi connectivity index (χ4v) is 2.08. The highest BCUT2D eigenvalue weighted by molar-refractivity contribution is 5.30. The van der Waals surface area contributed by atoms with Gasteiger partial charge in [-0.3, -0.25) is 0 Å². The van der Waals surface area contributed by atoms with Crippen LogP contribution in [-0.2, 0) is 13.0 Å². The predicted molar refractivity (Wildman–Crippen MR) is 75.9 cm³/mol. The van der Waals surface area contributed by atoms with Crippen molar-refractivity contribution in [1.82, 2.24) is 5.32 Å². The lowest BCUT2D eigenvalue weighted by molar-refractivity contribution is 0.240. The van der Waals surface area contributed by atoms with Crippen LogP contribution in [0.3, 0.4) is 0 Å². The summed E-state index contributed by atoms with van der Waals surface area (Å²) in [5, 5.41) is 21.4. The van der Waals surface area contributed by atoms with Crippen molar-refractivity contribution >= 4 is 0 Å². The molecule has 0 aliphatic rings. The number of aliphatic hydroxyl groups is 1. The van der Waals surface area contributed by atoms with Gasteiger partial charge < -0.3 is 15.5 Å². The van der Waals surface area contributed by atoms with E-state index in [9.17, 15) is 13.9 Å². The summed E-state index contributed by atoms with van der Waals surface area (Å²) in [5.41, 5.74) is 1.43. The standard InChI is InChI=1S/C16H17F2NO2/c17-14-7-12(8-15(18)16(14)21)9-19-13(10-20)6-11-4-2-1-3-5-11/h1-5,7-8,13,19-21H,6,9-10H2/t13-/m1/s1. The molecular weight excluding hydrogens is 276 g/mol. The SMILES string of the molecule is OC[C@@H](Cc1ccccc1)NCc1cc(F)c(O)c(F)c1. The van der Waals surface area contributed by atoms with Gasteiger partial charge in [0.15, 0.2) is 17.4 Å². The number of halogens is 2. The first-order chi connectivity index (χ1) is 10.1. The van der Waals surface area contributed by atoms with E-state index in [1.807, 2.05) is 30.3 Å². The molecule has 0 aliphatic carbocycles. The molecule has 0 unspecified atom stereocenters. The highest BCUT2D eigenvalue weighted by atomic mass is 19.1. The zero-order chi connectivity index (χ0) is 15.2. The van der Waals surface area contributed by atoms with Crippen LogP contribution in [0.5, 0.6) is 5.75 Å². The van der Waals surface area contributed by atoms with Gasteiger partial charge in [0.1, 0.15) is 0 Å². The van der Waals surface area contributed by atoms with E-state index in [4.69, 9.17) is 5.11 Å². The molecule has 2 aromatic rings. The lowest BCUT2D eigenvalue weighted by atomic mass is 10.1. The van der Waals surface area contributed by atoms with E-state index in [2.05, 4.69) is 5.32 Å². The molecule has 1 atom stereocenters. The first-order valence-corrected chi connectivity index (χ1v) is 6.65. The Kier molecular flexibility index (Phi) is 5.25. The average molecular weight is 293 g/mol. The van der Waals surface area contributed by atoms with Gasteiger partial charge in [0.25, 0.3) is 0 Å². The molecule has 3 nitrogen and oxygen atoms in total. The van der Waals surface area contributed by atoms with Gasteiger partial charge in [0.05, 0.1) is 6.61 Å². The van der Waals surface area contributed by atoms with Crippen molar-refractivity contribution in [1.29, 1.82) is 0 Å². The van der Waals surface area contributed by atoms with E-state index in [1.165, 1.54) is 0 Å². The number of phenols is 1. The van der Waals surface area contributed by atoms with Crippen molar-refractivity contribution in [3.05, 3.63) is 65.2 Å². The van der Waals surface area contributed by atoms with Crippen LogP contribution >= 0.6 is 0 Å². The summed E-state index contributed by atoms with van der Waals surface area (Å²) in [5.74, 6) is -2.95. The van der Waals surface area contributed by atoms with Gasteiger partial charge in [-0.05, 0) is 29.7 Å². The number of benzene rings is 2. The molecule has 0 radical (unpaired) electrons. The molecule has 0 heterocycles. The van der Waals surface area contributed by atoms with Gasteiger partial charge in [-0.25, -0.2) is 8.78 Å². The van der Waals surface area contributed by atoms with Crippen LogP contribution in [0.1, 0.15) is 11.1 Å². The number of rotatable bonds is 6. The predicted octanol–water partition coefficient (Wildman–Crippen LogP) is 2.36. The maximum atomic E-state index is 13.2. The molecule has 2 aromatic carbocycles. The Bertz CT molecular complexity index is 567. The van der Waals surface area contributed by atoms with E-state index in [0.29, 0.717) is 12.0 Å². The summed E-state index contributed by atoms with van der Waals surface area (Å²) in [7, 11) is 0. The van der Waals surface area contributed by atoms with Crippen LogP contribution < -0.4 is 5.32 Å². The van der Waals surface area contributed by atoms with Crippen LogP contribution in [0.25, 0.3) is 0 Å². The molecule has 2 rings (SSSR count). The van der Waals surface area contributed by atoms with Crippen LogP contribution in [-0.4, -0.2) is 22.9 Å². The van der Waals surface area contributed by atoms with Crippen molar-refractivity contribution < 1.29 is 19.0 Å². The van der Waals surface area contributed by atoms with Gasteiger partial charge >= 0.3 is 0 Å². The Morgan fingerprint density at radius 3 is 2.19 bits per heavy atom. The van der Waals surface area contributed by atoms with Crippen molar-refractivity contribution in [2.45, 2.75) is 19.0 Å². The number of phenolic OH excluding ortho intramolecular Hbond substituents is 1. The van der Waals surface area contributed by atoms with E-state index >= 15 is 0 Å². The largest absolute Gasteiger partial charge is 0.503 e. The molecular formula is C16H17F2NO2. The molecule has 0 saturated heterocycles. The maximum absolute atomic E-state index is 13.2. The Balaban J connectivity index is 1.97. The highest BCUT2D eigenvalue weighted by Gasteiger charge is 2.12. The summed E-state index contributed by atoms with van der Waals surface area (Å²) in [6, 6.07) is 11.6. The molecule has 21 heavy (non-hydrogen) atoms. The second-order valence-corrected chi connectivity index (χ2v) is 4.86. The quantitative estimate of drug-likeness (QED) is 0.766. The third-order valence-corrected chi connectivity index (χ3v) is 3.22. The van der Waals surface area contributed by atoms with E-state index in [-0.39, 0.29) is 19.2 Å². The van der Waals surface area contributed by atoms with Gasteiger partial charge in [0, 0.05) is 12.6 Å². The molecule has 0 spiro atoms. The molecule has 3 N–H and O–H groups in total. The fourth-order valence-electron chi connectivity index (χ4n) is 2.08. The fraction of sp³-hybridized carbons (Fsp3) is 0.250. The molecule has 0 aliphatic heterocycles. The highest BCUT2D eigenvalue weighted by Crippen LogP contribution is 2.21. The molecule has 0 aromatic heterocycles. The normalized spacial score (nSPS) is 12.3. The molecule has 0 saturated carbocycles. The second kappa shape index (κ2) is 7.15. The third kappa shape index (κ3) is 4.24. The number of aliphatic hydroxyl groups excluding tert-OH is 1. The number of hydrogen-bond acceptors (Lipinski definition) is 3. The summed E-state index contributed by atoms with van der Waals surface area (Å²) in [6.07, 6.45) is 0.611. The number of hydrogen-bond donors (Lipinski definition) is 3. The summed E-state index contributed by atoms with van der Waals surface area (Å²) >= 11 is 0. The minimum Gasteiger partial charge on any atom is -0.503 e. The Morgan fingerprint density at radius 2 is 1.62 bits per heavy atom. The first-order valence-electron chi connectivity index (χ1n) is 6.65. The molecule has 0 bridgehead atoms. The van der Waals surface area contributed by atoms with Crippen LogP contribution in [0.2, 0.25) is 0 Å². The zero-order valence-corrected chi connectivity index (χ0v) is 11.4. The van der Waals surface area contributed by atoms with Crippen LogP contribution in [0.15, 0.2) is 42.5 Å². The van der Waals surface area contributed by atoms with Gasteiger partial charge in [0.2, 0.25) is 0 Å². The van der Waals surface area contributed by atoms with E-state index in [0.717, 1.165) is 17.7 Å². The Morgan fingerprint density at radius 1 is 1.00 bits per heavy atom. The smallest absolute Gasteiger partial charge is 0.187 e. The summed E-state index contributed by atoms with van der Waals surface area (Å²) in [4.78, 5) is 0. The second-order valence-electron chi connectivity index (χ2n) is 4.86. The molecule has 0 amide bonds. The minimum atomic E-state index is -0.990. The van der Waals surface area contributed by atoms with E-state index in [1.54, 1.807) is 0 Å². The van der Waals surface area contributed by atoms with Crippen molar-refractivity contribution in [2.75, 3.05) is 6.61 Å². The monoisotopic (exact) mass is 293 g/mol. The number of nitrogens with one attached hydrogen (secondary N) is 1. The third-order valence-electron chi connectivity index (χ3n) is 3.22. The Hall–Kier alpha value is -1.98. The lowest BCUT2D eigenvalue weighted by Gasteiger charge is -2.16. The van der Waals surface area contributed by atoms with Crippen molar-refractivity contribution in [2.24, 2.45) is 0 Å². The van der Waals surface area contributed by atoms with Crippen molar-refractivity contribution in [3.8, 4) is 5.75 Å². The Labute approximate surface area is 121 Å². The minimum absolute atomic E-state index is 0.0854. The molecule has 112 valence electrons. The summed E-state index contributed by atoms with van der Waals surface area (Å²) < 4.78 is 26.5. The van der Waals surface area contributed by atoms with Gasteiger partial charge in [-0.1, -0.05) is 30.3 Å². The summed E-state index contributed by atoms with van der Waals surface area (Å²) in [6.45, 7) is 0.115. The van der Waals surface area contributed by atoms with Gasteiger partial charge in [-0.2, -0.15) is 0 Å². The zero-order valence-electron chi connectivity index (χ0n) is 11.4. The average Bonchev–Trinajstić information content (AvgIpc) is 2.49. The van der Waals surface area contributed by atoms with Crippen LogP contribution in [0, 0.1) is 11.6 Å². The topological polar surface area (TPSA) is 52.5 Å². The maximum Gasteiger partial charge on any atom is 0.187 e. The lowest BCUT2D eigenvalue weighted by Crippen LogP contribution is -2.34. The van der Waals surface area contributed by atoms with E-state index < -0.39 is 17.4 Å². The van der Waals surface area contributed by atoms with Crippen molar-refractivity contribution in [3.63, 3.8) is 0 Å². The first kappa shape index (κ1) is 15.4. The molecule has 5 heteroatoms. The molecule has 0 fully saturated rings.